The summed E-state index contributed by atoms with van der Waals surface area (Å²) in [4.78, 5) is 12.0. The number of sulfonamides is 1. The van der Waals surface area contributed by atoms with Crippen LogP contribution in [0.4, 0.5) is 5.69 Å². The standard InChI is InChI=1S/C15H13BrClNO4S/c1-9-3-5-11(6-4-9)23(20,21)18-14-12(15(19)22-2)7-10(17)8-13(14)16/h3-8,18H,1-2H3. The highest BCUT2D eigenvalue weighted by molar-refractivity contribution is 9.10. The summed E-state index contributed by atoms with van der Waals surface area (Å²) in [5.41, 5.74) is 1.02. The van der Waals surface area contributed by atoms with Crippen LogP contribution in [0.2, 0.25) is 5.02 Å². The molecule has 0 heterocycles. The number of benzene rings is 2. The van der Waals surface area contributed by atoms with Gasteiger partial charge >= 0.3 is 5.97 Å². The van der Waals surface area contributed by atoms with Gasteiger partial charge in [-0.1, -0.05) is 29.3 Å². The molecule has 0 unspecified atom stereocenters. The largest absolute Gasteiger partial charge is 0.465 e. The van der Waals surface area contributed by atoms with E-state index in [1.807, 2.05) is 6.92 Å². The zero-order valence-electron chi connectivity index (χ0n) is 12.3. The number of nitrogens with one attached hydrogen (secondary N) is 1. The highest BCUT2D eigenvalue weighted by Gasteiger charge is 2.22. The molecule has 0 spiro atoms. The topological polar surface area (TPSA) is 72.5 Å². The van der Waals surface area contributed by atoms with Crippen molar-refractivity contribution in [1.82, 2.24) is 0 Å². The number of rotatable bonds is 4. The second-order valence-corrected chi connectivity index (χ2v) is 7.69. The van der Waals surface area contributed by atoms with E-state index in [1.54, 1.807) is 12.1 Å². The van der Waals surface area contributed by atoms with Gasteiger partial charge in [-0.3, -0.25) is 4.72 Å². The van der Waals surface area contributed by atoms with E-state index < -0.39 is 16.0 Å². The highest BCUT2D eigenvalue weighted by Crippen LogP contribution is 2.32. The van der Waals surface area contributed by atoms with Crippen LogP contribution in [-0.2, 0) is 14.8 Å². The lowest BCUT2D eigenvalue weighted by Gasteiger charge is -2.14. The van der Waals surface area contributed by atoms with E-state index in [2.05, 4.69) is 25.4 Å². The molecule has 0 aromatic heterocycles. The fraction of sp³-hybridized carbons (Fsp3) is 0.133. The predicted molar refractivity (Wildman–Crippen MR) is 92.5 cm³/mol. The molecule has 0 amide bonds. The van der Waals surface area contributed by atoms with Gasteiger partial charge in [-0.15, -0.1) is 0 Å². The van der Waals surface area contributed by atoms with Crippen molar-refractivity contribution >= 4 is 49.2 Å². The smallest absolute Gasteiger partial charge is 0.340 e. The van der Waals surface area contributed by atoms with Crippen molar-refractivity contribution in [2.24, 2.45) is 0 Å². The van der Waals surface area contributed by atoms with Crippen molar-refractivity contribution in [2.45, 2.75) is 11.8 Å². The van der Waals surface area contributed by atoms with Gasteiger partial charge in [-0.2, -0.15) is 0 Å². The van der Waals surface area contributed by atoms with Crippen molar-refractivity contribution in [3.63, 3.8) is 0 Å². The molecule has 1 N–H and O–H groups in total. The van der Waals surface area contributed by atoms with Crippen LogP contribution in [0.25, 0.3) is 0 Å². The van der Waals surface area contributed by atoms with E-state index >= 15 is 0 Å². The third kappa shape index (κ3) is 4.04. The van der Waals surface area contributed by atoms with Crippen LogP contribution in [0, 0.1) is 6.92 Å². The number of hydrogen-bond acceptors (Lipinski definition) is 4. The molecule has 0 aliphatic rings. The number of carbonyl (C=O) groups is 1. The average molecular weight is 419 g/mol. The first kappa shape index (κ1) is 17.8. The van der Waals surface area contributed by atoms with E-state index in [-0.39, 0.29) is 21.2 Å². The molecule has 0 fully saturated rings. The minimum absolute atomic E-state index is 0.0163. The fourth-order valence-corrected chi connectivity index (χ4v) is 4.00. The average Bonchev–Trinajstić information content (AvgIpc) is 2.49. The van der Waals surface area contributed by atoms with E-state index in [0.717, 1.165) is 5.56 Å². The van der Waals surface area contributed by atoms with Crippen LogP contribution in [0.3, 0.4) is 0 Å². The molecule has 0 aliphatic carbocycles. The predicted octanol–water partition coefficient (Wildman–Crippen LogP) is 4.00. The minimum Gasteiger partial charge on any atom is -0.465 e. The fourth-order valence-electron chi connectivity index (χ4n) is 1.86. The van der Waals surface area contributed by atoms with E-state index in [9.17, 15) is 13.2 Å². The molecular weight excluding hydrogens is 406 g/mol. The number of carbonyl (C=O) groups excluding carboxylic acids is 1. The van der Waals surface area contributed by atoms with Crippen molar-refractivity contribution < 1.29 is 17.9 Å². The Bertz CT molecular complexity index is 851. The lowest BCUT2D eigenvalue weighted by atomic mass is 10.2. The second-order valence-electron chi connectivity index (χ2n) is 4.72. The summed E-state index contributed by atoms with van der Waals surface area (Å²) < 4.78 is 32.4. The normalized spacial score (nSPS) is 11.1. The Morgan fingerprint density at radius 3 is 2.39 bits per heavy atom. The zero-order valence-corrected chi connectivity index (χ0v) is 15.4. The summed E-state index contributed by atoms with van der Waals surface area (Å²) >= 11 is 9.13. The van der Waals surface area contributed by atoms with Gasteiger partial charge in [-0.25, -0.2) is 13.2 Å². The molecule has 0 aliphatic heterocycles. The first-order valence-electron chi connectivity index (χ1n) is 6.41. The second kappa shape index (κ2) is 6.90. The maximum Gasteiger partial charge on any atom is 0.340 e. The van der Waals surface area contributed by atoms with E-state index in [4.69, 9.17) is 11.6 Å². The maximum absolute atomic E-state index is 12.5. The van der Waals surface area contributed by atoms with Crippen molar-refractivity contribution in [3.05, 3.63) is 57.0 Å². The Morgan fingerprint density at radius 1 is 1.22 bits per heavy atom. The molecule has 8 heteroatoms. The van der Waals surface area contributed by atoms with Crippen LogP contribution in [0.5, 0.6) is 0 Å². The van der Waals surface area contributed by atoms with Crippen molar-refractivity contribution in [2.75, 3.05) is 11.8 Å². The Kier molecular flexibility index (Phi) is 5.33. The zero-order chi connectivity index (χ0) is 17.2. The molecule has 2 aromatic carbocycles. The monoisotopic (exact) mass is 417 g/mol. The van der Waals surface area contributed by atoms with Gasteiger partial charge in [-0.05, 0) is 47.1 Å². The van der Waals surface area contributed by atoms with E-state index in [0.29, 0.717) is 4.47 Å². The van der Waals surface area contributed by atoms with Gasteiger partial charge in [0.1, 0.15) is 0 Å². The Hall–Kier alpha value is -1.57. The number of ether oxygens (including phenoxy) is 1. The Morgan fingerprint density at radius 2 is 1.83 bits per heavy atom. The van der Waals surface area contributed by atoms with Crippen LogP contribution in [-0.4, -0.2) is 21.5 Å². The van der Waals surface area contributed by atoms with Gasteiger partial charge in [0, 0.05) is 9.50 Å². The third-order valence-electron chi connectivity index (χ3n) is 3.03. The van der Waals surface area contributed by atoms with Gasteiger partial charge in [0.05, 0.1) is 23.3 Å². The molecule has 0 saturated heterocycles. The summed E-state index contributed by atoms with van der Waals surface area (Å²) in [6.45, 7) is 1.86. The highest BCUT2D eigenvalue weighted by atomic mass is 79.9. The Labute approximate surface area is 147 Å². The molecule has 122 valence electrons. The maximum atomic E-state index is 12.5. The van der Waals surface area contributed by atoms with Crippen LogP contribution in [0.1, 0.15) is 15.9 Å². The molecule has 0 atom stereocenters. The molecule has 5 nitrogen and oxygen atoms in total. The lowest BCUT2D eigenvalue weighted by Crippen LogP contribution is -2.16. The molecule has 0 radical (unpaired) electrons. The van der Waals surface area contributed by atoms with Crippen LogP contribution >= 0.6 is 27.5 Å². The van der Waals surface area contributed by atoms with Gasteiger partial charge < -0.3 is 4.74 Å². The van der Waals surface area contributed by atoms with Gasteiger partial charge in [0.2, 0.25) is 0 Å². The van der Waals surface area contributed by atoms with Crippen molar-refractivity contribution in [1.29, 1.82) is 0 Å². The van der Waals surface area contributed by atoms with Crippen molar-refractivity contribution in [3.8, 4) is 0 Å². The summed E-state index contributed by atoms with van der Waals surface area (Å²) in [6.07, 6.45) is 0. The number of anilines is 1. The number of esters is 1. The molecule has 0 saturated carbocycles. The number of hydrogen-bond donors (Lipinski definition) is 1. The van der Waals surface area contributed by atoms with Crippen LogP contribution in [0.15, 0.2) is 45.8 Å². The molecule has 23 heavy (non-hydrogen) atoms. The number of aryl methyl sites for hydroxylation is 1. The summed E-state index contributed by atoms with van der Waals surface area (Å²) in [5, 5.41) is 0.274. The molecule has 0 bridgehead atoms. The summed E-state index contributed by atoms with van der Waals surface area (Å²) in [6, 6.07) is 9.17. The molecule has 2 aromatic rings. The third-order valence-corrected chi connectivity index (χ3v) is 5.24. The number of halogens is 2. The first-order valence-corrected chi connectivity index (χ1v) is 9.07. The molecular formula is C15H13BrClNO4S. The van der Waals surface area contributed by atoms with E-state index in [1.165, 1.54) is 31.4 Å². The quantitative estimate of drug-likeness (QED) is 0.762. The van der Waals surface area contributed by atoms with Gasteiger partial charge in [0.15, 0.2) is 0 Å². The van der Waals surface area contributed by atoms with Crippen LogP contribution < -0.4 is 4.72 Å². The lowest BCUT2D eigenvalue weighted by molar-refractivity contribution is 0.0602. The first-order chi connectivity index (χ1) is 10.7. The summed E-state index contributed by atoms with van der Waals surface area (Å²) in [5.74, 6) is -0.699. The summed E-state index contributed by atoms with van der Waals surface area (Å²) in [7, 11) is -2.66. The minimum atomic E-state index is -3.86. The number of methoxy groups -OCH3 is 1. The molecule has 2 rings (SSSR count). The Balaban J connectivity index is 2.50. The van der Waals surface area contributed by atoms with Gasteiger partial charge in [0.25, 0.3) is 10.0 Å². The SMILES string of the molecule is COC(=O)c1cc(Cl)cc(Br)c1NS(=O)(=O)c1ccc(C)cc1.